The fraction of sp³-hybridized carbons (Fsp3) is 0.462. The van der Waals surface area contributed by atoms with Crippen molar-refractivity contribution in [3.8, 4) is 5.75 Å². The maximum Gasteiger partial charge on any atom is 0.270 e. The number of nitro groups is 1. The van der Waals surface area contributed by atoms with Crippen molar-refractivity contribution in [2.24, 2.45) is 0 Å². The summed E-state index contributed by atoms with van der Waals surface area (Å²) in [5, 5.41) is 22.9. The predicted molar refractivity (Wildman–Crippen MR) is 74.1 cm³/mol. The van der Waals surface area contributed by atoms with Crippen LogP contribution in [0.2, 0.25) is 0 Å². The van der Waals surface area contributed by atoms with Crippen molar-refractivity contribution < 1.29 is 24.3 Å². The Bertz CT molecular complexity index is 503. The van der Waals surface area contributed by atoms with E-state index in [2.05, 4.69) is 5.32 Å². The van der Waals surface area contributed by atoms with Gasteiger partial charge in [0.2, 0.25) is 0 Å². The Balaban J connectivity index is 2.70. The zero-order valence-corrected chi connectivity index (χ0v) is 11.9. The van der Waals surface area contributed by atoms with E-state index in [0.717, 1.165) is 0 Å². The number of amides is 1. The Labute approximate surface area is 121 Å². The van der Waals surface area contributed by atoms with E-state index in [0.29, 0.717) is 13.2 Å². The third-order valence-electron chi connectivity index (χ3n) is 2.64. The molecule has 0 aliphatic rings. The topological polar surface area (TPSA) is 111 Å². The molecule has 8 heteroatoms. The number of ether oxygens (including phenoxy) is 2. The van der Waals surface area contributed by atoms with Crippen LogP contribution in [0.3, 0.4) is 0 Å². The molecule has 0 saturated heterocycles. The van der Waals surface area contributed by atoms with Gasteiger partial charge in [-0.3, -0.25) is 14.9 Å². The SMILES string of the molecule is COCCNC(=O)COc1ccc([N+](=O)[O-])cc1C(C)O. The van der Waals surface area contributed by atoms with Crippen LogP contribution >= 0.6 is 0 Å². The summed E-state index contributed by atoms with van der Waals surface area (Å²) in [7, 11) is 1.52. The lowest BCUT2D eigenvalue weighted by Gasteiger charge is -2.13. The summed E-state index contributed by atoms with van der Waals surface area (Å²) in [5.74, 6) is -0.112. The van der Waals surface area contributed by atoms with Gasteiger partial charge in [0.05, 0.1) is 17.6 Å². The zero-order chi connectivity index (χ0) is 15.8. The fourth-order valence-corrected chi connectivity index (χ4v) is 1.59. The van der Waals surface area contributed by atoms with Crippen molar-refractivity contribution >= 4 is 11.6 Å². The smallest absolute Gasteiger partial charge is 0.270 e. The molecule has 0 aliphatic carbocycles. The van der Waals surface area contributed by atoms with Crippen LogP contribution in [0.4, 0.5) is 5.69 Å². The minimum atomic E-state index is -0.948. The molecule has 0 heterocycles. The van der Waals surface area contributed by atoms with Gasteiger partial charge >= 0.3 is 0 Å². The first-order valence-electron chi connectivity index (χ1n) is 6.30. The van der Waals surface area contributed by atoms with Crippen LogP contribution in [0.5, 0.6) is 5.75 Å². The van der Waals surface area contributed by atoms with Gasteiger partial charge in [0.1, 0.15) is 5.75 Å². The van der Waals surface area contributed by atoms with Gasteiger partial charge in [-0.05, 0) is 13.0 Å². The summed E-state index contributed by atoms with van der Waals surface area (Å²) in [5.41, 5.74) is 0.108. The van der Waals surface area contributed by atoms with Crippen LogP contribution in [0.1, 0.15) is 18.6 Å². The van der Waals surface area contributed by atoms with Gasteiger partial charge in [0, 0.05) is 31.4 Å². The van der Waals surface area contributed by atoms with Crippen molar-refractivity contribution in [2.45, 2.75) is 13.0 Å². The number of nitrogens with one attached hydrogen (secondary N) is 1. The average Bonchev–Trinajstić information content (AvgIpc) is 2.45. The van der Waals surface area contributed by atoms with Crippen molar-refractivity contribution in [2.75, 3.05) is 26.9 Å². The zero-order valence-electron chi connectivity index (χ0n) is 11.9. The summed E-state index contributed by atoms with van der Waals surface area (Å²) >= 11 is 0. The molecule has 8 nitrogen and oxygen atoms in total. The van der Waals surface area contributed by atoms with E-state index in [1.54, 1.807) is 0 Å². The van der Waals surface area contributed by atoms with Crippen LogP contribution < -0.4 is 10.1 Å². The number of aliphatic hydroxyl groups excluding tert-OH is 1. The Morgan fingerprint density at radius 2 is 2.24 bits per heavy atom. The second kappa shape index (κ2) is 8.18. The number of methoxy groups -OCH3 is 1. The maximum absolute atomic E-state index is 11.5. The highest BCUT2D eigenvalue weighted by Gasteiger charge is 2.16. The molecule has 1 atom stereocenters. The number of carbonyl (C=O) groups is 1. The molecule has 0 bridgehead atoms. The first kappa shape index (κ1) is 16.9. The van der Waals surface area contributed by atoms with E-state index in [9.17, 15) is 20.0 Å². The predicted octanol–water partition coefficient (Wildman–Crippen LogP) is 0.789. The van der Waals surface area contributed by atoms with Gasteiger partial charge in [-0.1, -0.05) is 0 Å². The van der Waals surface area contributed by atoms with Crippen LogP contribution in [-0.2, 0) is 9.53 Å². The van der Waals surface area contributed by atoms with E-state index < -0.39 is 11.0 Å². The quantitative estimate of drug-likeness (QED) is 0.417. The molecule has 1 aromatic rings. The number of nitro benzene ring substituents is 1. The van der Waals surface area contributed by atoms with Crippen LogP contribution in [0.25, 0.3) is 0 Å². The lowest BCUT2D eigenvalue weighted by Crippen LogP contribution is -2.31. The molecule has 0 radical (unpaired) electrons. The highest BCUT2D eigenvalue weighted by atomic mass is 16.6. The first-order chi connectivity index (χ1) is 9.95. The molecule has 1 amide bonds. The molecule has 0 aliphatic heterocycles. The maximum atomic E-state index is 11.5. The second-order valence-electron chi connectivity index (χ2n) is 4.29. The van der Waals surface area contributed by atoms with Gasteiger partial charge in [-0.2, -0.15) is 0 Å². The molecule has 1 unspecified atom stereocenters. The highest BCUT2D eigenvalue weighted by Crippen LogP contribution is 2.29. The summed E-state index contributed by atoms with van der Waals surface area (Å²) in [4.78, 5) is 21.6. The number of carbonyl (C=O) groups excluding carboxylic acids is 1. The first-order valence-corrected chi connectivity index (χ1v) is 6.30. The molecule has 2 N–H and O–H groups in total. The fourth-order valence-electron chi connectivity index (χ4n) is 1.59. The number of aliphatic hydroxyl groups is 1. The second-order valence-corrected chi connectivity index (χ2v) is 4.29. The van der Waals surface area contributed by atoms with E-state index in [4.69, 9.17) is 9.47 Å². The molecular weight excluding hydrogens is 280 g/mol. The minimum absolute atomic E-state index is 0.150. The molecule has 0 spiro atoms. The Hall–Kier alpha value is -2.19. The summed E-state index contributed by atoms with van der Waals surface area (Å²) in [6.07, 6.45) is -0.948. The number of nitrogens with zero attached hydrogens (tertiary/aromatic N) is 1. The molecule has 1 aromatic carbocycles. The Kier molecular flexibility index (Phi) is 6.57. The highest BCUT2D eigenvalue weighted by molar-refractivity contribution is 5.77. The van der Waals surface area contributed by atoms with E-state index >= 15 is 0 Å². The monoisotopic (exact) mass is 298 g/mol. The summed E-state index contributed by atoms with van der Waals surface area (Å²) < 4.78 is 10.1. The van der Waals surface area contributed by atoms with Gasteiger partial charge < -0.3 is 19.9 Å². The normalized spacial score (nSPS) is 11.8. The number of hydrogen-bond acceptors (Lipinski definition) is 6. The van der Waals surface area contributed by atoms with Gasteiger partial charge in [0.15, 0.2) is 6.61 Å². The molecule has 0 fully saturated rings. The molecule has 0 saturated carbocycles. The number of rotatable bonds is 8. The number of hydrogen-bond donors (Lipinski definition) is 2. The van der Waals surface area contributed by atoms with E-state index in [1.807, 2.05) is 0 Å². The average molecular weight is 298 g/mol. The van der Waals surface area contributed by atoms with Crippen molar-refractivity contribution in [3.63, 3.8) is 0 Å². The molecule has 1 rings (SSSR count). The lowest BCUT2D eigenvalue weighted by atomic mass is 10.1. The Morgan fingerprint density at radius 3 is 2.81 bits per heavy atom. The largest absolute Gasteiger partial charge is 0.483 e. The van der Waals surface area contributed by atoms with Crippen LogP contribution in [-0.4, -0.2) is 42.8 Å². The third kappa shape index (κ3) is 5.36. The van der Waals surface area contributed by atoms with E-state index in [-0.39, 0.29) is 29.5 Å². The summed E-state index contributed by atoms with van der Waals surface area (Å²) in [6, 6.07) is 3.84. The lowest BCUT2D eigenvalue weighted by molar-refractivity contribution is -0.385. The molecular formula is C13H18N2O6. The van der Waals surface area contributed by atoms with E-state index in [1.165, 1.54) is 32.2 Å². The van der Waals surface area contributed by atoms with Crippen molar-refractivity contribution in [1.29, 1.82) is 0 Å². The van der Waals surface area contributed by atoms with Gasteiger partial charge in [0.25, 0.3) is 11.6 Å². The van der Waals surface area contributed by atoms with Gasteiger partial charge in [-0.15, -0.1) is 0 Å². The third-order valence-corrected chi connectivity index (χ3v) is 2.64. The summed E-state index contributed by atoms with van der Waals surface area (Å²) in [6.45, 7) is 1.97. The van der Waals surface area contributed by atoms with Crippen molar-refractivity contribution in [3.05, 3.63) is 33.9 Å². The van der Waals surface area contributed by atoms with Crippen LogP contribution in [0, 0.1) is 10.1 Å². The van der Waals surface area contributed by atoms with Crippen LogP contribution in [0.15, 0.2) is 18.2 Å². The molecule has 21 heavy (non-hydrogen) atoms. The van der Waals surface area contributed by atoms with Crippen molar-refractivity contribution in [1.82, 2.24) is 5.32 Å². The standard InChI is InChI=1S/C13H18N2O6/c1-9(16)11-7-10(15(18)19)3-4-12(11)21-8-13(17)14-5-6-20-2/h3-4,7,9,16H,5-6,8H2,1-2H3,(H,14,17). The van der Waals surface area contributed by atoms with Gasteiger partial charge in [-0.25, -0.2) is 0 Å². The Morgan fingerprint density at radius 1 is 1.52 bits per heavy atom. The molecule has 0 aromatic heterocycles. The minimum Gasteiger partial charge on any atom is -0.483 e. The number of non-ortho nitro benzene ring substituents is 1. The molecule has 116 valence electrons. The number of benzene rings is 1.